The molecule has 1 aliphatic heterocycles. The number of aromatic nitrogens is 3. The van der Waals surface area contributed by atoms with Crippen molar-refractivity contribution in [2.24, 2.45) is 23.7 Å². The second kappa shape index (κ2) is 7.61. The Morgan fingerprint density at radius 3 is 2.58 bits per heavy atom. The van der Waals surface area contributed by atoms with Crippen LogP contribution in [0, 0.1) is 37.5 Å². The SMILES string of the molecule is Cc1ccc2nc(N3CCC(CC4CC5CCC4C5)CC3)c(-c3nc(C)no3)cc2c1. The van der Waals surface area contributed by atoms with Crippen LogP contribution in [0.4, 0.5) is 5.82 Å². The minimum Gasteiger partial charge on any atom is -0.356 e. The van der Waals surface area contributed by atoms with Crippen LogP contribution in [0.1, 0.15) is 56.3 Å². The first-order valence-corrected chi connectivity index (χ1v) is 12.1. The van der Waals surface area contributed by atoms with Crippen LogP contribution in [0.25, 0.3) is 22.4 Å². The monoisotopic (exact) mass is 416 g/mol. The molecule has 5 heteroatoms. The molecule has 1 aromatic carbocycles. The number of aryl methyl sites for hydroxylation is 2. The van der Waals surface area contributed by atoms with Crippen LogP contribution in [0.2, 0.25) is 0 Å². The molecule has 0 spiro atoms. The predicted octanol–water partition coefficient (Wildman–Crippen LogP) is 5.94. The summed E-state index contributed by atoms with van der Waals surface area (Å²) in [4.78, 5) is 12.1. The smallest absolute Gasteiger partial charge is 0.261 e. The Bertz CT molecular complexity index is 1100. The fourth-order valence-corrected chi connectivity index (χ4v) is 6.56. The van der Waals surface area contributed by atoms with Gasteiger partial charge in [-0.3, -0.25) is 0 Å². The molecule has 31 heavy (non-hydrogen) atoms. The van der Waals surface area contributed by atoms with Gasteiger partial charge in [0.15, 0.2) is 5.82 Å². The van der Waals surface area contributed by atoms with Crippen LogP contribution in [-0.4, -0.2) is 28.2 Å². The molecule has 1 saturated heterocycles. The molecule has 2 aromatic heterocycles. The van der Waals surface area contributed by atoms with Crippen LogP contribution in [0.3, 0.4) is 0 Å². The van der Waals surface area contributed by atoms with E-state index < -0.39 is 0 Å². The van der Waals surface area contributed by atoms with Crippen molar-refractivity contribution in [2.45, 2.75) is 58.8 Å². The zero-order valence-corrected chi connectivity index (χ0v) is 18.7. The summed E-state index contributed by atoms with van der Waals surface area (Å²) in [5.74, 6) is 6.22. The third kappa shape index (κ3) is 3.62. The van der Waals surface area contributed by atoms with E-state index in [4.69, 9.17) is 9.51 Å². The average molecular weight is 417 g/mol. The highest BCUT2D eigenvalue weighted by atomic mass is 16.5. The maximum atomic E-state index is 5.57. The highest BCUT2D eigenvalue weighted by Crippen LogP contribution is 2.51. The van der Waals surface area contributed by atoms with E-state index in [0.717, 1.165) is 59.0 Å². The van der Waals surface area contributed by atoms with Gasteiger partial charge in [0.05, 0.1) is 11.1 Å². The Kier molecular flexibility index (Phi) is 4.73. The highest BCUT2D eigenvalue weighted by Gasteiger charge is 2.40. The number of benzene rings is 1. The minimum atomic E-state index is 0.576. The topological polar surface area (TPSA) is 55.1 Å². The lowest BCUT2D eigenvalue weighted by Gasteiger charge is -2.36. The van der Waals surface area contributed by atoms with Crippen molar-refractivity contribution in [3.05, 3.63) is 35.7 Å². The Morgan fingerprint density at radius 2 is 1.87 bits per heavy atom. The number of piperidine rings is 1. The molecule has 5 nitrogen and oxygen atoms in total. The maximum Gasteiger partial charge on any atom is 0.261 e. The molecule has 162 valence electrons. The van der Waals surface area contributed by atoms with Crippen molar-refractivity contribution in [1.29, 1.82) is 0 Å². The Hall–Kier alpha value is -2.43. The first kappa shape index (κ1) is 19.3. The van der Waals surface area contributed by atoms with E-state index in [-0.39, 0.29) is 0 Å². The van der Waals surface area contributed by atoms with Crippen molar-refractivity contribution in [2.75, 3.05) is 18.0 Å². The first-order valence-electron chi connectivity index (χ1n) is 12.1. The maximum absolute atomic E-state index is 5.57. The summed E-state index contributed by atoms with van der Waals surface area (Å²) in [6.45, 7) is 6.11. The van der Waals surface area contributed by atoms with Gasteiger partial charge in [-0.1, -0.05) is 23.2 Å². The molecule has 3 aromatic rings. The number of hydrogen-bond acceptors (Lipinski definition) is 5. The fraction of sp³-hybridized carbons (Fsp3) is 0.577. The zero-order chi connectivity index (χ0) is 20.9. The van der Waals surface area contributed by atoms with Crippen molar-refractivity contribution in [3.63, 3.8) is 0 Å². The van der Waals surface area contributed by atoms with Gasteiger partial charge < -0.3 is 9.42 Å². The van der Waals surface area contributed by atoms with Crippen molar-refractivity contribution in [3.8, 4) is 11.5 Å². The van der Waals surface area contributed by atoms with Gasteiger partial charge in [-0.05, 0) is 94.2 Å². The third-order valence-electron chi connectivity index (χ3n) is 8.14. The summed E-state index contributed by atoms with van der Waals surface area (Å²) in [6, 6.07) is 8.62. The molecular formula is C26H32N4O. The van der Waals surface area contributed by atoms with Crippen LogP contribution in [-0.2, 0) is 0 Å². The lowest BCUT2D eigenvalue weighted by atomic mass is 9.79. The van der Waals surface area contributed by atoms with E-state index in [1.807, 2.05) is 6.92 Å². The predicted molar refractivity (Wildman–Crippen MR) is 123 cm³/mol. The summed E-state index contributed by atoms with van der Waals surface area (Å²) in [5, 5.41) is 5.16. The van der Waals surface area contributed by atoms with Gasteiger partial charge in [0.1, 0.15) is 5.82 Å². The van der Waals surface area contributed by atoms with E-state index in [0.29, 0.717) is 11.7 Å². The molecule has 0 amide bonds. The summed E-state index contributed by atoms with van der Waals surface area (Å²) >= 11 is 0. The Labute approximate surface area is 184 Å². The normalized spacial score (nSPS) is 26.3. The molecule has 2 aliphatic carbocycles. The van der Waals surface area contributed by atoms with Gasteiger partial charge >= 0.3 is 0 Å². The number of rotatable bonds is 4. The van der Waals surface area contributed by atoms with E-state index in [9.17, 15) is 0 Å². The number of hydrogen-bond donors (Lipinski definition) is 0. The standard InChI is InChI=1S/C26H32N4O/c1-16-3-6-24-22(11-16)15-23(26-27-17(2)29-31-26)25(28-24)30-9-7-18(8-10-30)12-21-14-19-4-5-20(21)13-19/h3,6,11,15,18-21H,4-5,7-10,12-14H2,1-2H3. The Balaban J connectivity index is 1.25. The molecule has 6 rings (SSSR count). The lowest BCUT2D eigenvalue weighted by Crippen LogP contribution is -2.35. The van der Waals surface area contributed by atoms with Gasteiger partial charge in [0, 0.05) is 18.5 Å². The molecule has 3 fully saturated rings. The van der Waals surface area contributed by atoms with Gasteiger partial charge in [-0.2, -0.15) is 4.98 Å². The van der Waals surface area contributed by atoms with E-state index >= 15 is 0 Å². The lowest BCUT2D eigenvalue weighted by molar-refractivity contribution is 0.243. The second-order valence-electron chi connectivity index (χ2n) is 10.3. The molecule has 3 unspecified atom stereocenters. The van der Waals surface area contributed by atoms with Crippen LogP contribution >= 0.6 is 0 Å². The zero-order valence-electron chi connectivity index (χ0n) is 18.7. The third-order valence-corrected chi connectivity index (χ3v) is 8.14. The average Bonchev–Trinajstić information content (AvgIpc) is 3.51. The minimum absolute atomic E-state index is 0.576. The summed E-state index contributed by atoms with van der Waals surface area (Å²) in [5.41, 5.74) is 3.23. The number of pyridine rings is 1. The quantitative estimate of drug-likeness (QED) is 0.526. The number of anilines is 1. The van der Waals surface area contributed by atoms with Gasteiger partial charge in [-0.15, -0.1) is 0 Å². The van der Waals surface area contributed by atoms with E-state index in [1.165, 1.54) is 50.5 Å². The first-order chi connectivity index (χ1) is 15.1. The largest absolute Gasteiger partial charge is 0.356 e. The molecule has 0 N–H and O–H groups in total. The fourth-order valence-electron chi connectivity index (χ4n) is 6.56. The van der Waals surface area contributed by atoms with Crippen LogP contribution in [0.15, 0.2) is 28.8 Å². The Morgan fingerprint density at radius 1 is 1.00 bits per heavy atom. The van der Waals surface area contributed by atoms with E-state index in [1.54, 1.807) is 0 Å². The van der Waals surface area contributed by atoms with Crippen molar-refractivity contribution in [1.82, 2.24) is 15.1 Å². The summed E-state index contributed by atoms with van der Waals surface area (Å²) in [6.07, 6.45) is 10.0. The molecule has 3 aliphatic rings. The molecule has 0 radical (unpaired) electrons. The molecule has 3 atom stereocenters. The van der Waals surface area contributed by atoms with Gasteiger partial charge in [0.2, 0.25) is 0 Å². The molecule has 2 saturated carbocycles. The molecule has 3 heterocycles. The number of nitrogens with zero attached hydrogens (tertiary/aromatic N) is 4. The van der Waals surface area contributed by atoms with Crippen molar-refractivity contribution < 1.29 is 4.52 Å². The van der Waals surface area contributed by atoms with Crippen LogP contribution in [0.5, 0.6) is 0 Å². The molecule has 2 bridgehead atoms. The second-order valence-corrected chi connectivity index (χ2v) is 10.3. The van der Waals surface area contributed by atoms with Crippen LogP contribution < -0.4 is 4.90 Å². The number of fused-ring (bicyclic) bond motifs is 3. The highest BCUT2D eigenvalue weighted by molar-refractivity contribution is 5.88. The molecular weight excluding hydrogens is 384 g/mol. The summed E-state index contributed by atoms with van der Waals surface area (Å²) < 4.78 is 5.57. The van der Waals surface area contributed by atoms with Crippen molar-refractivity contribution >= 4 is 16.7 Å². The van der Waals surface area contributed by atoms with Gasteiger partial charge in [0.25, 0.3) is 5.89 Å². The van der Waals surface area contributed by atoms with E-state index in [2.05, 4.69) is 46.2 Å². The van der Waals surface area contributed by atoms with Gasteiger partial charge in [-0.25, -0.2) is 4.98 Å². The summed E-state index contributed by atoms with van der Waals surface area (Å²) in [7, 11) is 0.